The topological polar surface area (TPSA) is 41.6 Å². The highest BCUT2D eigenvalue weighted by Gasteiger charge is 2.11. The zero-order valence-corrected chi connectivity index (χ0v) is 13.2. The van der Waals surface area contributed by atoms with Gasteiger partial charge in [0.25, 0.3) is 0 Å². The summed E-state index contributed by atoms with van der Waals surface area (Å²) in [4.78, 5) is 13.8. The van der Waals surface area contributed by atoms with E-state index in [0.717, 1.165) is 38.8 Å². The Kier molecular flexibility index (Phi) is 12.0. The van der Waals surface area contributed by atoms with Crippen molar-refractivity contribution >= 4 is 5.97 Å². The lowest BCUT2D eigenvalue weighted by molar-refractivity contribution is -0.148. The molecule has 0 bridgehead atoms. The van der Waals surface area contributed by atoms with Crippen LogP contribution in [-0.2, 0) is 9.53 Å². The van der Waals surface area contributed by atoms with Crippen molar-refractivity contribution in [2.24, 2.45) is 0 Å². The van der Waals surface area contributed by atoms with Gasteiger partial charge in [-0.05, 0) is 52.9 Å². The Morgan fingerprint density at radius 3 is 2.53 bits per heavy atom. The maximum atomic E-state index is 11.6. The van der Waals surface area contributed by atoms with E-state index >= 15 is 0 Å². The molecule has 0 aromatic heterocycles. The number of esters is 1. The molecule has 0 radical (unpaired) electrons. The van der Waals surface area contributed by atoms with Crippen LogP contribution in [0.15, 0.2) is 0 Å². The standard InChI is InChI=1S/C15H32N2O2/c1-5-7-8-10-14(6-2)19-15(18)13-16-11-9-12-17(3)4/h14,16H,5-13H2,1-4H3. The average Bonchev–Trinajstić information content (AvgIpc) is 2.37. The summed E-state index contributed by atoms with van der Waals surface area (Å²) in [6, 6.07) is 0. The fourth-order valence-electron chi connectivity index (χ4n) is 1.91. The molecule has 0 aliphatic carbocycles. The quantitative estimate of drug-likeness (QED) is 0.438. The first kappa shape index (κ1) is 18.4. The Bertz CT molecular complexity index is 220. The van der Waals surface area contributed by atoms with Gasteiger partial charge in [0.2, 0.25) is 0 Å². The third-order valence-corrected chi connectivity index (χ3v) is 3.11. The van der Waals surface area contributed by atoms with Crippen molar-refractivity contribution in [2.75, 3.05) is 33.7 Å². The van der Waals surface area contributed by atoms with Crippen molar-refractivity contribution in [1.82, 2.24) is 10.2 Å². The van der Waals surface area contributed by atoms with Crippen molar-refractivity contribution in [3.8, 4) is 0 Å². The molecule has 0 fully saturated rings. The van der Waals surface area contributed by atoms with Crippen LogP contribution in [0.3, 0.4) is 0 Å². The molecule has 1 N–H and O–H groups in total. The van der Waals surface area contributed by atoms with Gasteiger partial charge in [-0.3, -0.25) is 4.79 Å². The van der Waals surface area contributed by atoms with Crippen molar-refractivity contribution in [3.63, 3.8) is 0 Å². The van der Waals surface area contributed by atoms with Crippen molar-refractivity contribution in [3.05, 3.63) is 0 Å². The lowest BCUT2D eigenvalue weighted by Crippen LogP contribution is -2.30. The summed E-state index contributed by atoms with van der Waals surface area (Å²) in [5.74, 6) is -0.117. The molecule has 0 aromatic carbocycles. The second kappa shape index (κ2) is 12.4. The maximum Gasteiger partial charge on any atom is 0.320 e. The summed E-state index contributed by atoms with van der Waals surface area (Å²) in [5.41, 5.74) is 0. The van der Waals surface area contributed by atoms with E-state index in [1.165, 1.54) is 12.8 Å². The highest BCUT2D eigenvalue weighted by molar-refractivity contribution is 5.71. The lowest BCUT2D eigenvalue weighted by atomic mass is 10.1. The fraction of sp³-hybridized carbons (Fsp3) is 0.933. The third kappa shape index (κ3) is 12.2. The third-order valence-electron chi connectivity index (χ3n) is 3.11. The lowest BCUT2D eigenvalue weighted by Gasteiger charge is -2.16. The van der Waals surface area contributed by atoms with Crippen LogP contribution in [0.1, 0.15) is 52.4 Å². The fourth-order valence-corrected chi connectivity index (χ4v) is 1.91. The van der Waals surface area contributed by atoms with Crippen LogP contribution in [0.4, 0.5) is 0 Å². The van der Waals surface area contributed by atoms with E-state index in [9.17, 15) is 4.79 Å². The van der Waals surface area contributed by atoms with E-state index in [4.69, 9.17) is 4.74 Å². The Morgan fingerprint density at radius 2 is 1.95 bits per heavy atom. The number of carbonyl (C=O) groups is 1. The largest absolute Gasteiger partial charge is 0.461 e. The van der Waals surface area contributed by atoms with Gasteiger partial charge in [0, 0.05) is 0 Å². The van der Waals surface area contributed by atoms with Crippen LogP contribution in [0.25, 0.3) is 0 Å². The number of nitrogens with one attached hydrogen (secondary N) is 1. The first-order valence-electron chi connectivity index (χ1n) is 7.65. The first-order chi connectivity index (χ1) is 9.10. The number of ether oxygens (including phenoxy) is 1. The number of unbranched alkanes of at least 4 members (excludes halogenated alkanes) is 2. The number of nitrogens with zero attached hydrogens (tertiary/aromatic N) is 1. The molecule has 19 heavy (non-hydrogen) atoms. The zero-order chi connectivity index (χ0) is 14.5. The van der Waals surface area contributed by atoms with E-state index < -0.39 is 0 Å². The van der Waals surface area contributed by atoms with Gasteiger partial charge in [0.05, 0.1) is 6.54 Å². The molecule has 1 unspecified atom stereocenters. The molecular formula is C15H32N2O2. The summed E-state index contributed by atoms with van der Waals surface area (Å²) in [5, 5.41) is 3.14. The van der Waals surface area contributed by atoms with E-state index in [-0.39, 0.29) is 12.1 Å². The van der Waals surface area contributed by atoms with Crippen LogP contribution in [-0.4, -0.2) is 50.7 Å². The summed E-state index contributed by atoms with van der Waals surface area (Å²) in [7, 11) is 4.10. The summed E-state index contributed by atoms with van der Waals surface area (Å²) >= 11 is 0. The number of hydrogen-bond acceptors (Lipinski definition) is 4. The SMILES string of the molecule is CCCCCC(CC)OC(=O)CNCCCN(C)C. The molecule has 0 spiro atoms. The summed E-state index contributed by atoms with van der Waals surface area (Å²) in [6.45, 7) is 6.49. The second-order valence-corrected chi connectivity index (χ2v) is 5.35. The molecule has 0 aliphatic heterocycles. The predicted octanol–water partition coefficient (Wildman–Crippen LogP) is 2.43. The minimum Gasteiger partial charge on any atom is -0.461 e. The first-order valence-corrected chi connectivity index (χ1v) is 7.65. The molecule has 0 amide bonds. The highest BCUT2D eigenvalue weighted by atomic mass is 16.5. The molecule has 0 saturated heterocycles. The van der Waals surface area contributed by atoms with Crippen molar-refractivity contribution in [2.45, 2.75) is 58.5 Å². The Balaban J connectivity index is 3.58. The van der Waals surface area contributed by atoms with Gasteiger partial charge in [-0.25, -0.2) is 0 Å². The normalized spacial score (nSPS) is 12.7. The molecule has 0 saturated carbocycles. The van der Waals surface area contributed by atoms with Crippen molar-refractivity contribution < 1.29 is 9.53 Å². The molecule has 4 heteroatoms. The van der Waals surface area contributed by atoms with Crippen LogP contribution in [0, 0.1) is 0 Å². The van der Waals surface area contributed by atoms with Gasteiger partial charge < -0.3 is 15.0 Å². The molecule has 0 rings (SSSR count). The van der Waals surface area contributed by atoms with E-state index in [1.54, 1.807) is 0 Å². The monoisotopic (exact) mass is 272 g/mol. The molecule has 0 aromatic rings. The highest BCUT2D eigenvalue weighted by Crippen LogP contribution is 2.10. The maximum absolute atomic E-state index is 11.6. The molecule has 4 nitrogen and oxygen atoms in total. The minimum atomic E-state index is -0.117. The van der Waals surface area contributed by atoms with E-state index in [1.807, 2.05) is 0 Å². The molecule has 0 aliphatic rings. The average molecular weight is 272 g/mol. The Labute approximate surface area is 118 Å². The number of rotatable bonds is 12. The molecular weight excluding hydrogens is 240 g/mol. The number of hydrogen-bond donors (Lipinski definition) is 1. The Hall–Kier alpha value is -0.610. The Morgan fingerprint density at radius 1 is 1.21 bits per heavy atom. The van der Waals surface area contributed by atoms with Gasteiger partial charge in [0.1, 0.15) is 6.10 Å². The number of carbonyl (C=O) groups excluding carboxylic acids is 1. The van der Waals surface area contributed by atoms with Gasteiger partial charge in [-0.15, -0.1) is 0 Å². The van der Waals surface area contributed by atoms with Gasteiger partial charge >= 0.3 is 5.97 Å². The predicted molar refractivity (Wildman–Crippen MR) is 80.4 cm³/mol. The van der Waals surface area contributed by atoms with E-state index in [2.05, 4.69) is 38.2 Å². The van der Waals surface area contributed by atoms with Gasteiger partial charge in [0.15, 0.2) is 0 Å². The molecule has 0 heterocycles. The van der Waals surface area contributed by atoms with Gasteiger partial charge in [-0.2, -0.15) is 0 Å². The van der Waals surface area contributed by atoms with Crippen LogP contribution >= 0.6 is 0 Å². The second-order valence-electron chi connectivity index (χ2n) is 5.35. The van der Waals surface area contributed by atoms with E-state index in [0.29, 0.717) is 6.54 Å². The van der Waals surface area contributed by atoms with Crippen LogP contribution in [0.2, 0.25) is 0 Å². The minimum absolute atomic E-state index is 0.0997. The zero-order valence-electron chi connectivity index (χ0n) is 13.2. The smallest absolute Gasteiger partial charge is 0.320 e. The van der Waals surface area contributed by atoms with Crippen molar-refractivity contribution in [1.29, 1.82) is 0 Å². The van der Waals surface area contributed by atoms with Crippen LogP contribution < -0.4 is 5.32 Å². The summed E-state index contributed by atoms with van der Waals surface area (Å²) < 4.78 is 5.46. The molecule has 1 atom stereocenters. The van der Waals surface area contributed by atoms with Crippen LogP contribution in [0.5, 0.6) is 0 Å². The molecule has 114 valence electrons. The van der Waals surface area contributed by atoms with Gasteiger partial charge in [-0.1, -0.05) is 26.7 Å². The summed E-state index contributed by atoms with van der Waals surface area (Å²) in [6.07, 6.45) is 6.64.